The smallest absolute Gasteiger partial charge is 0.410 e. The van der Waals surface area contributed by atoms with Gasteiger partial charge in [-0.3, -0.25) is 4.79 Å². The fraction of sp³-hybridized carbons (Fsp3) is 0.792. The molecule has 33 heavy (non-hydrogen) atoms. The van der Waals surface area contributed by atoms with E-state index in [-0.39, 0.29) is 23.0 Å². The molecule has 7 nitrogen and oxygen atoms in total. The molecule has 0 bridgehead atoms. The minimum Gasteiger partial charge on any atom is -0.455 e. The summed E-state index contributed by atoms with van der Waals surface area (Å²) in [5.74, 6) is -0.251. The molecular formula is C24H44N2O5SSi. The largest absolute Gasteiger partial charge is 0.455 e. The maximum absolute atomic E-state index is 12.7. The van der Waals surface area contributed by atoms with E-state index in [1.807, 2.05) is 40.0 Å². The summed E-state index contributed by atoms with van der Waals surface area (Å²) in [6.45, 7) is 22.5. The van der Waals surface area contributed by atoms with Gasteiger partial charge in [0.05, 0.1) is 12.3 Å². The Morgan fingerprint density at radius 2 is 1.73 bits per heavy atom. The predicted octanol–water partition coefficient (Wildman–Crippen LogP) is 6.55. The number of hydrogen-bond acceptors (Lipinski definition) is 7. The van der Waals surface area contributed by atoms with Gasteiger partial charge >= 0.3 is 12.1 Å². The molecule has 0 spiro atoms. The van der Waals surface area contributed by atoms with Crippen molar-refractivity contribution in [3.63, 3.8) is 0 Å². The topological polar surface area (TPSA) is 78.0 Å². The molecule has 0 aliphatic rings. The number of carbonyl (C=O) groups excluding carboxylic acids is 2. The zero-order chi connectivity index (χ0) is 25.8. The van der Waals surface area contributed by atoms with Crippen LogP contribution in [-0.4, -0.2) is 49.0 Å². The third-order valence-corrected chi connectivity index (χ3v) is 11.4. The molecule has 0 saturated heterocycles. The van der Waals surface area contributed by atoms with Crippen LogP contribution in [-0.2, 0) is 25.3 Å². The van der Waals surface area contributed by atoms with Crippen LogP contribution in [0.3, 0.4) is 0 Å². The van der Waals surface area contributed by atoms with Crippen molar-refractivity contribution in [2.75, 3.05) is 7.05 Å². The monoisotopic (exact) mass is 500 g/mol. The summed E-state index contributed by atoms with van der Waals surface area (Å²) < 4.78 is 17.5. The summed E-state index contributed by atoms with van der Waals surface area (Å²) >= 11 is 1.45. The number of ether oxygens (including phenoxy) is 2. The van der Waals surface area contributed by atoms with Crippen LogP contribution >= 0.6 is 11.3 Å². The standard InChI is InChI=1S/C24H44N2O5SSi/c1-16(2)19(26(10)22(28)31-23(4,5)6)13-20(30-17(3)27)21-25-18(15-32-21)14-29-33(11,12)24(7,8)9/h15-16,19-20H,13-14H2,1-12H3/t19?,20-/m0/s1. The van der Waals surface area contributed by atoms with Crippen LogP contribution in [0.15, 0.2) is 5.38 Å². The van der Waals surface area contributed by atoms with Crippen LogP contribution in [0.2, 0.25) is 18.1 Å². The number of aromatic nitrogens is 1. The lowest BCUT2D eigenvalue weighted by Gasteiger charge is -2.35. The second-order valence-electron chi connectivity index (χ2n) is 11.5. The second-order valence-corrected chi connectivity index (χ2v) is 17.2. The van der Waals surface area contributed by atoms with E-state index in [0.717, 1.165) is 5.69 Å². The van der Waals surface area contributed by atoms with Crippen molar-refractivity contribution in [3.05, 3.63) is 16.1 Å². The van der Waals surface area contributed by atoms with E-state index < -0.39 is 26.1 Å². The highest BCUT2D eigenvalue weighted by molar-refractivity contribution is 7.09. The molecule has 0 radical (unpaired) electrons. The molecule has 0 fully saturated rings. The molecule has 1 aromatic heterocycles. The van der Waals surface area contributed by atoms with Crippen molar-refractivity contribution in [1.29, 1.82) is 0 Å². The van der Waals surface area contributed by atoms with Crippen molar-refractivity contribution < 1.29 is 23.5 Å². The summed E-state index contributed by atoms with van der Waals surface area (Å²) in [6.07, 6.45) is -0.514. The minimum absolute atomic E-state index is 0.114. The second kappa shape index (κ2) is 11.3. The maximum Gasteiger partial charge on any atom is 0.410 e. The van der Waals surface area contributed by atoms with Gasteiger partial charge in [0.1, 0.15) is 10.6 Å². The Labute approximate surface area is 205 Å². The lowest BCUT2D eigenvalue weighted by Crippen LogP contribution is -2.44. The molecule has 1 unspecified atom stereocenters. The minimum atomic E-state index is -1.90. The Balaban J connectivity index is 3.05. The summed E-state index contributed by atoms with van der Waals surface area (Å²) in [7, 11) is -0.173. The van der Waals surface area contributed by atoms with E-state index in [0.29, 0.717) is 18.0 Å². The third kappa shape index (κ3) is 9.37. The summed E-state index contributed by atoms with van der Waals surface area (Å²) in [5, 5.41) is 2.78. The zero-order valence-corrected chi connectivity index (χ0v) is 24.4. The first kappa shape index (κ1) is 29.6. The zero-order valence-electron chi connectivity index (χ0n) is 22.6. The van der Waals surface area contributed by atoms with Gasteiger partial charge < -0.3 is 18.8 Å². The summed E-state index contributed by atoms with van der Waals surface area (Å²) in [6, 6.07) is -0.194. The van der Waals surface area contributed by atoms with Gasteiger partial charge in [0.25, 0.3) is 0 Å². The van der Waals surface area contributed by atoms with E-state index >= 15 is 0 Å². The molecule has 1 rings (SSSR count). The molecule has 1 amide bonds. The molecule has 9 heteroatoms. The number of rotatable bonds is 9. The van der Waals surface area contributed by atoms with E-state index in [1.54, 1.807) is 11.9 Å². The molecule has 0 saturated carbocycles. The van der Waals surface area contributed by atoms with E-state index in [4.69, 9.17) is 18.9 Å². The average Bonchev–Trinajstić information content (AvgIpc) is 3.09. The Morgan fingerprint density at radius 3 is 2.18 bits per heavy atom. The van der Waals surface area contributed by atoms with Crippen LogP contribution < -0.4 is 0 Å². The van der Waals surface area contributed by atoms with Gasteiger partial charge in [-0.2, -0.15) is 0 Å². The van der Waals surface area contributed by atoms with Crippen LogP contribution in [0.4, 0.5) is 4.79 Å². The van der Waals surface area contributed by atoms with Crippen LogP contribution in [0, 0.1) is 5.92 Å². The van der Waals surface area contributed by atoms with Crippen molar-refractivity contribution in [2.45, 2.75) is 111 Å². The first-order valence-electron chi connectivity index (χ1n) is 11.6. The third-order valence-electron chi connectivity index (χ3n) is 5.94. The van der Waals surface area contributed by atoms with Gasteiger partial charge in [0, 0.05) is 31.8 Å². The van der Waals surface area contributed by atoms with E-state index in [1.165, 1.54) is 18.3 Å². The van der Waals surface area contributed by atoms with Gasteiger partial charge in [0.15, 0.2) is 14.4 Å². The van der Waals surface area contributed by atoms with Crippen molar-refractivity contribution in [3.8, 4) is 0 Å². The van der Waals surface area contributed by atoms with Crippen LogP contribution in [0.25, 0.3) is 0 Å². The summed E-state index contributed by atoms with van der Waals surface area (Å²) in [5.41, 5.74) is 0.245. The molecule has 1 aromatic rings. The SMILES string of the molecule is CC(=O)O[C@@H](CC(C(C)C)N(C)C(=O)OC(C)(C)C)c1nc(CO[Si](C)(C)C(C)(C)C)cs1. The molecule has 0 aliphatic carbocycles. The predicted molar refractivity (Wildman–Crippen MR) is 136 cm³/mol. The number of hydrogen-bond donors (Lipinski definition) is 0. The number of esters is 1. The fourth-order valence-electron chi connectivity index (χ4n) is 2.97. The average molecular weight is 501 g/mol. The van der Waals surface area contributed by atoms with Gasteiger partial charge in [-0.1, -0.05) is 34.6 Å². The van der Waals surface area contributed by atoms with Crippen molar-refractivity contribution >= 4 is 31.7 Å². The molecule has 0 aromatic carbocycles. The van der Waals surface area contributed by atoms with Gasteiger partial charge in [-0.15, -0.1) is 11.3 Å². The Kier molecular flexibility index (Phi) is 10.1. The number of carbonyl (C=O) groups is 2. The van der Waals surface area contributed by atoms with Gasteiger partial charge in [0.2, 0.25) is 0 Å². The highest BCUT2D eigenvalue weighted by atomic mass is 32.1. The molecular weight excluding hydrogens is 456 g/mol. The van der Waals surface area contributed by atoms with E-state index in [2.05, 4.69) is 33.9 Å². The molecule has 1 heterocycles. The normalized spacial score (nSPS) is 14.7. The number of amides is 1. The van der Waals surface area contributed by atoms with E-state index in [9.17, 15) is 9.59 Å². The quantitative estimate of drug-likeness (QED) is 0.282. The lowest BCUT2D eigenvalue weighted by atomic mass is 9.96. The molecule has 0 aliphatic heterocycles. The Bertz CT molecular complexity index is 796. The van der Waals surface area contributed by atoms with Crippen molar-refractivity contribution in [2.24, 2.45) is 5.92 Å². The molecule has 0 N–H and O–H groups in total. The highest BCUT2D eigenvalue weighted by Crippen LogP contribution is 2.37. The first-order chi connectivity index (χ1) is 14.8. The van der Waals surface area contributed by atoms with Crippen LogP contribution in [0.5, 0.6) is 0 Å². The van der Waals surface area contributed by atoms with Gasteiger partial charge in [-0.05, 0) is 44.8 Å². The number of nitrogens with zero attached hydrogens (tertiary/aromatic N) is 2. The van der Waals surface area contributed by atoms with Crippen LogP contribution in [0.1, 0.15) is 85.5 Å². The Morgan fingerprint density at radius 1 is 1.15 bits per heavy atom. The van der Waals surface area contributed by atoms with Gasteiger partial charge in [-0.25, -0.2) is 9.78 Å². The molecule has 190 valence electrons. The van der Waals surface area contributed by atoms with Crippen molar-refractivity contribution in [1.82, 2.24) is 9.88 Å². The maximum atomic E-state index is 12.7. The lowest BCUT2D eigenvalue weighted by molar-refractivity contribution is -0.147. The fourth-order valence-corrected chi connectivity index (χ4v) is 4.76. The highest BCUT2D eigenvalue weighted by Gasteiger charge is 2.37. The summed E-state index contributed by atoms with van der Waals surface area (Å²) in [4.78, 5) is 30.9. The number of thiazole rings is 1. The Hall–Kier alpha value is -1.45. The first-order valence-corrected chi connectivity index (χ1v) is 15.3. The molecule has 2 atom stereocenters.